The summed E-state index contributed by atoms with van der Waals surface area (Å²) in [6.45, 7) is 23.2. The molecule has 3 aromatic rings. The maximum atomic E-state index is 12.3. The number of ether oxygens (including phenoxy) is 2. The van der Waals surface area contributed by atoms with Gasteiger partial charge in [-0.1, -0.05) is 0 Å². The number of nitrogens with one attached hydrogen (secondary N) is 3. The van der Waals surface area contributed by atoms with Crippen LogP contribution in [0.15, 0.2) is 48.5 Å². The van der Waals surface area contributed by atoms with E-state index >= 15 is 0 Å². The standard InChI is InChI=1S/C33H52N6O6Si3/c1-23(2)42-29(40)25-13-17-27(18-14-25)35-32-37-31(34-21-12-22-48(11,44-46(5,6)7)45-47(8,9)10)38-33(39-32)36-28-19-15-26(16-20-28)30(41)43-24(3)4/h13-20,23-24H,12,21-22H2,1-11H3,(H3,34,35,36,37,38,39). The van der Waals surface area contributed by atoms with E-state index in [-0.39, 0.29) is 24.1 Å². The summed E-state index contributed by atoms with van der Waals surface area (Å²) in [6, 6.07) is 14.6. The average Bonchev–Trinajstić information content (AvgIpc) is 2.93. The van der Waals surface area contributed by atoms with Crippen LogP contribution in [0.1, 0.15) is 54.8 Å². The number of hydrogen-bond donors (Lipinski definition) is 3. The lowest BCUT2D eigenvalue weighted by Gasteiger charge is -2.38. The van der Waals surface area contributed by atoms with Crippen molar-refractivity contribution in [1.82, 2.24) is 15.0 Å². The molecule has 262 valence electrons. The van der Waals surface area contributed by atoms with Gasteiger partial charge < -0.3 is 33.7 Å². The Morgan fingerprint density at radius 1 is 0.625 bits per heavy atom. The Bertz CT molecular complexity index is 1410. The molecular formula is C33H52N6O6Si3. The van der Waals surface area contributed by atoms with Crippen LogP contribution < -0.4 is 16.0 Å². The molecule has 48 heavy (non-hydrogen) atoms. The van der Waals surface area contributed by atoms with Gasteiger partial charge in [-0.15, -0.1) is 0 Å². The molecule has 0 amide bonds. The number of anilines is 5. The van der Waals surface area contributed by atoms with Crippen molar-refractivity contribution < 1.29 is 27.3 Å². The first-order valence-electron chi connectivity index (χ1n) is 16.4. The van der Waals surface area contributed by atoms with E-state index in [4.69, 9.17) is 17.7 Å². The second-order valence-electron chi connectivity index (χ2n) is 14.2. The Kier molecular flexibility index (Phi) is 13.5. The Labute approximate surface area is 288 Å². The molecule has 0 atom stereocenters. The molecule has 0 bridgehead atoms. The van der Waals surface area contributed by atoms with E-state index in [1.807, 2.05) is 27.7 Å². The van der Waals surface area contributed by atoms with Gasteiger partial charge in [0, 0.05) is 17.9 Å². The fourth-order valence-electron chi connectivity index (χ4n) is 4.80. The first-order valence-corrected chi connectivity index (χ1v) is 25.7. The molecule has 0 spiro atoms. The number of carbonyl (C=O) groups is 2. The Balaban J connectivity index is 1.80. The summed E-state index contributed by atoms with van der Waals surface area (Å²) in [5.74, 6) is 0.205. The summed E-state index contributed by atoms with van der Waals surface area (Å²) in [4.78, 5) is 38.4. The van der Waals surface area contributed by atoms with E-state index in [0.717, 1.165) is 12.5 Å². The molecule has 0 aliphatic heterocycles. The third-order valence-electron chi connectivity index (χ3n) is 6.21. The first-order chi connectivity index (χ1) is 22.3. The minimum atomic E-state index is -2.39. The van der Waals surface area contributed by atoms with Crippen molar-refractivity contribution in [2.24, 2.45) is 0 Å². The molecule has 1 aromatic heterocycles. The van der Waals surface area contributed by atoms with E-state index in [1.165, 1.54) is 0 Å². The molecule has 2 aromatic carbocycles. The zero-order chi connectivity index (χ0) is 35.7. The van der Waals surface area contributed by atoms with E-state index < -0.39 is 25.2 Å². The largest absolute Gasteiger partial charge is 0.459 e. The molecule has 0 radical (unpaired) electrons. The van der Waals surface area contributed by atoms with Crippen LogP contribution in [0.4, 0.5) is 29.2 Å². The third kappa shape index (κ3) is 13.8. The fourth-order valence-corrected chi connectivity index (χ4v) is 17.3. The number of rotatable bonds is 17. The van der Waals surface area contributed by atoms with Gasteiger partial charge in [-0.05, 0) is 135 Å². The van der Waals surface area contributed by atoms with Crippen LogP contribution in [0, 0.1) is 0 Å². The van der Waals surface area contributed by atoms with Gasteiger partial charge in [0.25, 0.3) is 0 Å². The van der Waals surface area contributed by atoms with Crippen LogP contribution in [0.5, 0.6) is 0 Å². The topological polar surface area (TPSA) is 146 Å². The van der Waals surface area contributed by atoms with Crippen molar-refractivity contribution in [3.8, 4) is 0 Å². The van der Waals surface area contributed by atoms with Crippen LogP contribution in [-0.2, 0) is 17.7 Å². The summed E-state index contributed by atoms with van der Waals surface area (Å²) in [5.41, 5.74) is 2.26. The van der Waals surface area contributed by atoms with Crippen molar-refractivity contribution in [3.05, 3.63) is 59.7 Å². The Morgan fingerprint density at radius 2 is 1.00 bits per heavy atom. The zero-order valence-electron chi connectivity index (χ0n) is 30.2. The molecule has 15 heteroatoms. The second-order valence-corrected chi connectivity index (χ2v) is 27.1. The predicted molar refractivity (Wildman–Crippen MR) is 199 cm³/mol. The van der Waals surface area contributed by atoms with E-state index in [2.05, 4.69) is 76.7 Å². The number of carbonyl (C=O) groups excluding carboxylic acids is 2. The number of nitrogens with zero attached hydrogens (tertiary/aromatic N) is 3. The molecule has 3 rings (SSSR count). The smallest absolute Gasteiger partial charge is 0.338 e. The van der Waals surface area contributed by atoms with Gasteiger partial charge in [0.05, 0.1) is 23.3 Å². The predicted octanol–water partition coefficient (Wildman–Crippen LogP) is 8.07. The fraction of sp³-hybridized carbons (Fsp3) is 0.485. The molecule has 0 aliphatic rings. The molecule has 3 N–H and O–H groups in total. The third-order valence-corrected chi connectivity index (χ3v) is 15.8. The van der Waals surface area contributed by atoms with E-state index in [9.17, 15) is 9.59 Å². The number of benzene rings is 2. The van der Waals surface area contributed by atoms with Crippen LogP contribution in [-0.4, -0.2) is 70.8 Å². The van der Waals surface area contributed by atoms with Crippen LogP contribution in [0.25, 0.3) is 0 Å². The molecule has 0 saturated carbocycles. The van der Waals surface area contributed by atoms with Crippen molar-refractivity contribution in [2.75, 3.05) is 22.5 Å². The quantitative estimate of drug-likeness (QED) is 0.0707. The zero-order valence-corrected chi connectivity index (χ0v) is 33.2. The second kappa shape index (κ2) is 16.6. The normalized spacial score (nSPS) is 12.2. The molecule has 0 aliphatic carbocycles. The van der Waals surface area contributed by atoms with Gasteiger partial charge in [0.2, 0.25) is 17.8 Å². The van der Waals surface area contributed by atoms with E-state index in [1.54, 1.807) is 48.5 Å². The van der Waals surface area contributed by atoms with Crippen molar-refractivity contribution in [1.29, 1.82) is 0 Å². The molecular weight excluding hydrogens is 661 g/mol. The molecule has 1 heterocycles. The summed E-state index contributed by atoms with van der Waals surface area (Å²) < 4.78 is 23.9. The monoisotopic (exact) mass is 712 g/mol. The van der Waals surface area contributed by atoms with Gasteiger partial charge in [0.1, 0.15) is 0 Å². The summed E-state index contributed by atoms with van der Waals surface area (Å²) in [7, 11) is -5.99. The SMILES string of the molecule is CC(C)OC(=O)c1ccc(Nc2nc(NCCC[Si](C)(O[Si](C)(C)C)O[Si](C)(C)C)nc(Nc3ccc(C(=O)OC(C)C)cc3)n2)cc1. The molecule has 0 unspecified atom stereocenters. The number of hydrogen-bond acceptors (Lipinski definition) is 12. The van der Waals surface area contributed by atoms with Crippen LogP contribution >= 0.6 is 0 Å². The summed E-state index contributed by atoms with van der Waals surface area (Å²) in [5, 5.41) is 9.76. The highest BCUT2D eigenvalue weighted by atomic mass is 28.5. The van der Waals surface area contributed by atoms with Gasteiger partial charge >= 0.3 is 20.5 Å². The summed E-state index contributed by atoms with van der Waals surface area (Å²) in [6.07, 6.45) is 0.398. The molecule has 0 saturated heterocycles. The maximum Gasteiger partial charge on any atom is 0.338 e. The van der Waals surface area contributed by atoms with Gasteiger partial charge in [0.15, 0.2) is 16.6 Å². The Morgan fingerprint density at radius 3 is 1.35 bits per heavy atom. The Hall–Kier alpha value is -3.64. The molecule has 12 nitrogen and oxygen atoms in total. The highest BCUT2D eigenvalue weighted by Crippen LogP contribution is 2.26. The lowest BCUT2D eigenvalue weighted by molar-refractivity contribution is 0.0367. The highest BCUT2D eigenvalue weighted by molar-refractivity contribution is 6.87. The summed E-state index contributed by atoms with van der Waals surface area (Å²) >= 11 is 0. The average molecular weight is 713 g/mol. The number of esters is 2. The van der Waals surface area contributed by atoms with Crippen molar-refractivity contribution >= 4 is 66.4 Å². The van der Waals surface area contributed by atoms with Crippen LogP contribution in [0.3, 0.4) is 0 Å². The van der Waals surface area contributed by atoms with Gasteiger partial charge in [-0.2, -0.15) is 15.0 Å². The van der Waals surface area contributed by atoms with Crippen LogP contribution in [0.2, 0.25) is 51.9 Å². The number of aromatic nitrogens is 3. The van der Waals surface area contributed by atoms with Crippen molar-refractivity contribution in [3.63, 3.8) is 0 Å². The van der Waals surface area contributed by atoms with Gasteiger partial charge in [-0.3, -0.25) is 0 Å². The maximum absolute atomic E-state index is 12.3. The minimum Gasteiger partial charge on any atom is -0.459 e. The van der Waals surface area contributed by atoms with E-state index in [0.29, 0.717) is 46.9 Å². The lowest BCUT2D eigenvalue weighted by Crippen LogP contribution is -2.52. The lowest BCUT2D eigenvalue weighted by atomic mass is 10.2. The minimum absolute atomic E-state index is 0.209. The van der Waals surface area contributed by atoms with Crippen molar-refractivity contribution in [2.45, 2.75) is 98.2 Å². The first kappa shape index (κ1) is 38.8. The highest BCUT2D eigenvalue weighted by Gasteiger charge is 2.39. The van der Waals surface area contributed by atoms with Gasteiger partial charge in [-0.25, -0.2) is 9.59 Å². The molecule has 0 fully saturated rings.